The standard InChI is InChI=1S/C15H23N3O2S/c1-11(14-16-7-9-21-14)17-15(19)18-8-3-6-13(10-18)20-12-4-2-5-12/h7,9,11-13H,2-6,8,10H2,1H3,(H,17,19)/t11-,13?/m0/s1. The maximum Gasteiger partial charge on any atom is 0.318 e. The number of rotatable bonds is 4. The van der Waals surface area contributed by atoms with Gasteiger partial charge in [-0.1, -0.05) is 0 Å². The topological polar surface area (TPSA) is 54.5 Å². The maximum atomic E-state index is 12.4. The van der Waals surface area contributed by atoms with E-state index in [1.54, 1.807) is 17.5 Å². The lowest BCUT2D eigenvalue weighted by atomic mass is 9.95. The molecule has 0 aromatic carbocycles. The van der Waals surface area contributed by atoms with Crippen molar-refractivity contribution in [3.05, 3.63) is 16.6 Å². The first kappa shape index (κ1) is 14.8. The summed E-state index contributed by atoms with van der Waals surface area (Å²) in [7, 11) is 0. The summed E-state index contributed by atoms with van der Waals surface area (Å²) in [4.78, 5) is 18.5. The molecule has 1 saturated carbocycles. The van der Waals surface area contributed by atoms with Crippen molar-refractivity contribution in [3.8, 4) is 0 Å². The van der Waals surface area contributed by atoms with Crippen molar-refractivity contribution in [2.24, 2.45) is 0 Å². The van der Waals surface area contributed by atoms with E-state index in [2.05, 4.69) is 10.3 Å². The van der Waals surface area contributed by atoms with E-state index in [4.69, 9.17) is 4.74 Å². The van der Waals surface area contributed by atoms with E-state index < -0.39 is 0 Å². The first-order valence-electron chi connectivity index (χ1n) is 7.82. The molecule has 1 aromatic rings. The Morgan fingerprint density at radius 3 is 2.90 bits per heavy atom. The van der Waals surface area contributed by atoms with E-state index in [-0.39, 0.29) is 18.2 Å². The number of nitrogens with one attached hydrogen (secondary N) is 1. The van der Waals surface area contributed by atoms with Gasteiger partial charge in [-0.3, -0.25) is 0 Å². The maximum absolute atomic E-state index is 12.4. The fraction of sp³-hybridized carbons (Fsp3) is 0.733. The number of amides is 2. The van der Waals surface area contributed by atoms with Crippen LogP contribution in [0.1, 0.15) is 50.1 Å². The van der Waals surface area contributed by atoms with Gasteiger partial charge < -0.3 is 15.0 Å². The lowest BCUT2D eigenvalue weighted by molar-refractivity contribution is -0.0721. The van der Waals surface area contributed by atoms with Gasteiger partial charge >= 0.3 is 6.03 Å². The molecule has 1 saturated heterocycles. The third-order valence-corrected chi connectivity index (χ3v) is 5.22. The Morgan fingerprint density at radius 2 is 2.24 bits per heavy atom. The number of aromatic nitrogens is 1. The Labute approximate surface area is 129 Å². The minimum Gasteiger partial charge on any atom is -0.373 e. The van der Waals surface area contributed by atoms with Crippen LogP contribution in [-0.4, -0.2) is 41.2 Å². The number of thiazole rings is 1. The lowest BCUT2D eigenvalue weighted by Gasteiger charge is -2.37. The minimum atomic E-state index is -0.0366. The van der Waals surface area contributed by atoms with Gasteiger partial charge in [-0.2, -0.15) is 0 Å². The predicted octanol–water partition coefficient (Wildman–Crippen LogP) is 2.95. The molecule has 1 aliphatic carbocycles. The van der Waals surface area contributed by atoms with Crippen LogP contribution in [0.2, 0.25) is 0 Å². The second-order valence-corrected chi connectivity index (χ2v) is 6.87. The van der Waals surface area contributed by atoms with Crippen LogP contribution in [0.15, 0.2) is 11.6 Å². The Kier molecular flexibility index (Phi) is 4.75. The first-order valence-corrected chi connectivity index (χ1v) is 8.70. The molecule has 2 fully saturated rings. The average Bonchev–Trinajstić information content (AvgIpc) is 2.97. The summed E-state index contributed by atoms with van der Waals surface area (Å²) in [5.41, 5.74) is 0. The number of likely N-dealkylation sites (tertiary alicyclic amines) is 1. The number of hydrogen-bond donors (Lipinski definition) is 1. The van der Waals surface area contributed by atoms with Gasteiger partial charge in [0.25, 0.3) is 0 Å². The van der Waals surface area contributed by atoms with E-state index in [0.29, 0.717) is 12.6 Å². The van der Waals surface area contributed by atoms with Gasteiger partial charge in [-0.05, 0) is 39.0 Å². The molecule has 3 rings (SSSR count). The van der Waals surface area contributed by atoms with Gasteiger partial charge in [0, 0.05) is 24.7 Å². The molecule has 0 spiro atoms. The monoisotopic (exact) mass is 309 g/mol. The van der Waals surface area contributed by atoms with Gasteiger partial charge in [-0.25, -0.2) is 9.78 Å². The van der Waals surface area contributed by atoms with E-state index >= 15 is 0 Å². The van der Waals surface area contributed by atoms with Crippen LogP contribution >= 0.6 is 11.3 Å². The number of carbonyl (C=O) groups excluding carboxylic acids is 1. The highest BCUT2D eigenvalue weighted by Crippen LogP contribution is 2.26. The van der Waals surface area contributed by atoms with Crippen molar-refractivity contribution in [1.82, 2.24) is 15.2 Å². The molecule has 1 unspecified atom stereocenters. The largest absolute Gasteiger partial charge is 0.373 e. The zero-order valence-corrected chi connectivity index (χ0v) is 13.3. The molecule has 0 radical (unpaired) electrons. The second-order valence-electron chi connectivity index (χ2n) is 5.94. The first-order chi connectivity index (χ1) is 10.2. The number of carbonyl (C=O) groups is 1. The molecule has 2 aliphatic rings. The molecular weight excluding hydrogens is 286 g/mol. The molecule has 0 bridgehead atoms. The number of ether oxygens (including phenoxy) is 1. The average molecular weight is 309 g/mol. The zero-order chi connectivity index (χ0) is 14.7. The van der Waals surface area contributed by atoms with Crippen molar-refractivity contribution in [1.29, 1.82) is 0 Å². The highest BCUT2D eigenvalue weighted by molar-refractivity contribution is 7.09. The highest BCUT2D eigenvalue weighted by Gasteiger charge is 2.29. The van der Waals surface area contributed by atoms with Gasteiger partial charge in [0.15, 0.2) is 0 Å². The molecule has 1 aromatic heterocycles. The van der Waals surface area contributed by atoms with E-state index in [9.17, 15) is 4.79 Å². The molecule has 2 heterocycles. The zero-order valence-electron chi connectivity index (χ0n) is 12.5. The third kappa shape index (κ3) is 3.74. The van der Waals surface area contributed by atoms with Crippen molar-refractivity contribution >= 4 is 17.4 Å². The summed E-state index contributed by atoms with van der Waals surface area (Å²) < 4.78 is 6.05. The Hall–Kier alpha value is -1.14. The number of piperidine rings is 1. The summed E-state index contributed by atoms with van der Waals surface area (Å²) in [6.45, 7) is 3.51. The smallest absolute Gasteiger partial charge is 0.318 e. The third-order valence-electron chi connectivity index (χ3n) is 4.26. The minimum absolute atomic E-state index is 0.000362. The summed E-state index contributed by atoms with van der Waals surface area (Å²) in [5, 5.41) is 5.91. The summed E-state index contributed by atoms with van der Waals surface area (Å²) in [6.07, 6.45) is 8.17. The predicted molar refractivity (Wildman–Crippen MR) is 82.4 cm³/mol. The van der Waals surface area contributed by atoms with Crippen molar-refractivity contribution < 1.29 is 9.53 Å². The van der Waals surface area contributed by atoms with E-state index in [1.165, 1.54) is 19.3 Å². The van der Waals surface area contributed by atoms with Gasteiger partial charge in [-0.15, -0.1) is 11.3 Å². The number of urea groups is 1. The van der Waals surface area contributed by atoms with Crippen molar-refractivity contribution in [2.45, 2.75) is 57.3 Å². The summed E-state index contributed by atoms with van der Waals surface area (Å²) in [6, 6.07) is -0.0370. The molecule has 1 aliphatic heterocycles. The molecule has 5 nitrogen and oxygen atoms in total. The Balaban J connectivity index is 1.49. The molecule has 2 atom stereocenters. The number of nitrogens with zero attached hydrogens (tertiary/aromatic N) is 2. The second kappa shape index (κ2) is 6.75. The molecule has 6 heteroatoms. The molecular formula is C15H23N3O2S. The lowest BCUT2D eigenvalue weighted by Crippen LogP contribution is -2.49. The summed E-state index contributed by atoms with van der Waals surface area (Å²) in [5.74, 6) is 0. The van der Waals surface area contributed by atoms with Crippen LogP contribution < -0.4 is 5.32 Å². The summed E-state index contributed by atoms with van der Waals surface area (Å²) >= 11 is 1.57. The molecule has 1 N–H and O–H groups in total. The van der Waals surface area contributed by atoms with E-state index in [1.807, 2.05) is 17.2 Å². The van der Waals surface area contributed by atoms with Crippen LogP contribution in [0.3, 0.4) is 0 Å². The van der Waals surface area contributed by atoms with Crippen molar-refractivity contribution in [3.63, 3.8) is 0 Å². The molecule has 21 heavy (non-hydrogen) atoms. The molecule has 2 amide bonds. The highest BCUT2D eigenvalue weighted by atomic mass is 32.1. The fourth-order valence-corrected chi connectivity index (χ4v) is 3.45. The fourth-order valence-electron chi connectivity index (χ4n) is 2.80. The van der Waals surface area contributed by atoms with Gasteiger partial charge in [0.05, 0.1) is 18.2 Å². The van der Waals surface area contributed by atoms with Crippen LogP contribution in [0.5, 0.6) is 0 Å². The van der Waals surface area contributed by atoms with E-state index in [0.717, 1.165) is 24.4 Å². The Bertz CT molecular complexity index is 461. The van der Waals surface area contributed by atoms with Crippen LogP contribution in [0.25, 0.3) is 0 Å². The quantitative estimate of drug-likeness (QED) is 0.930. The normalized spacial score (nSPS) is 24.4. The van der Waals surface area contributed by atoms with Crippen molar-refractivity contribution in [2.75, 3.05) is 13.1 Å². The van der Waals surface area contributed by atoms with Crippen LogP contribution in [0.4, 0.5) is 4.79 Å². The van der Waals surface area contributed by atoms with Gasteiger partial charge in [0.1, 0.15) is 5.01 Å². The SMILES string of the molecule is C[C@H](NC(=O)N1CCCC(OC2CCC2)C1)c1nccs1. The Morgan fingerprint density at radius 1 is 1.43 bits per heavy atom. The molecule has 116 valence electrons. The number of hydrogen-bond acceptors (Lipinski definition) is 4. The van der Waals surface area contributed by atoms with Crippen LogP contribution in [-0.2, 0) is 4.74 Å². The van der Waals surface area contributed by atoms with Gasteiger partial charge in [0.2, 0.25) is 0 Å². The van der Waals surface area contributed by atoms with Crippen LogP contribution in [0, 0.1) is 0 Å².